The van der Waals surface area contributed by atoms with Crippen LogP contribution in [0.5, 0.6) is 5.75 Å². The first kappa shape index (κ1) is 16.3. The topological polar surface area (TPSA) is 67.4 Å². The quantitative estimate of drug-likeness (QED) is 0.802. The number of ether oxygens (including phenoxy) is 1. The molecule has 5 heteroatoms. The standard InChI is InChI=1S/C17H24N2O3/c1-11(2)19-17(21)14-10-13(14)16(20)18-9-8-12-6-4-5-7-15(12)22-3/h4-7,11,13-14H,8-10H2,1-3H3,(H,18,20)(H,19,21). The second-order valence-electron chi connectivity index (χ2n) is 5.96. The van der Waals surface area contributed by atoms with Crippen molar-refractivity contribution >= 4 is 11.8 Å². The average Bonchev–Trinajstić information content (AvgIpc) is 3.27. The lowest BCUT2D eigenvalue weighted by molar-refractivity contribution is -0.127. The summed E-state index contributed by atoms with van der Waals surface area (Å²) in [6.45, 7) is 4.39. The van der Waals surface area contributed by atoms with E-state index in [2.05, 4.69) is 10.6 Å². The van der Waals surface area contributed by atoms with E-state index >= 15 is 0 Å². The lowest BCUT2D eigenvalue weighted by Gasteiger charge is -2.10. The van der Waals surface area contributed by atoms with Crippen molar-refractivity contribution in [3.05, 3.63) is 29.8 Å². The zero-order valence-corrected chi connectivity index (χ0v) is 13.4. The summed E-state index contributed by atoms with van der Waals surface area (Å²) in [5, 5.41) is 5.76. The third-order valence-corrected chi connectivity index (χ3v) is 3.78. The second kappa shape index (κ2) is 7.29. The normalized spacial score (nSPS) is 19.6. The number of para-hydroxylation sites is 1. The Kier molecular flexibility index (Phi) is 5.41. The molecular formula is C17H24N2O3. The van der Waals surface area contributed by atoms with Crippen molar-refractivity contribution in [1.29, 1.82) is 0 Å². The van der Waals surface area contributed by atoms with Gasteiger partial charge in [0.25, 0.3) is 0 Å². The Hall–Kier alpha value is -2.04. The van der Waals surface area contributed by atoms with E-state index in [4.69, 9.17) is 4.74 Å². The molecule has 0 bridgehead atoms. The van der Waals surface area contributed by atoms with Gasteiger partial charge in [0.05, 0.1) is 18.9 Å². The number of nitrogens with one attached hydrogen (secondary N) is 2. The summed E-state index contributed by atoms with van der Waals surface area (Å²) < 4.78 is 5.28. The van der Waals surface area contributed by atoms with Crippen LogP contribution >= 0.6 is 0 Å². The summed E-state index contributed by atoms with van der Waals surface area (Å²) in [6, 6.07) is 7.88. The van der Waals surface area contributed by atoms with Crippen LogP contribution in [0.2, 0.25) is 0 Å². The van der Waals surface area contributed by atoms with E-state index in [-0.39, 0.29) is 29.7 Å². The van der Waals surface area contributed by atoms with Gasteiger partial charge in [-0.15, -0.1) is 0 Å². The van der Waals surface area contributed by atoms with Crippen LogP contribution in [0.3, 0.4) is 0 Å². The summed E-state index contributed by atoms with van der Waals surface area (Å²) in [5.41, 5.74) is 1.06. The summed E-state index contributed by atoms with van der Waals surface area (Å²) in [5.74, 6) is 0.459. The maximum absolute atomic E-state index is 12.0. The first-order valence-electron chi connectivity index (χ1n) is 7.73. The summed E-state index contributed by atoms with van der Waals surface area (Å²) in [7, 11) is 1.64. The predicted octanol–water partition coefficient (Wildman–Crippen LogP) is 1.51. The Morgan fingerprint density at radius 1 is 1.23 bits per heavy atom. The third-order valence-electron chi connectivity index (χ3n) is 3.78. The van der Waals surface area contributed by atoms with Gasteiger partial charge in [0.1, 0.15) is 5.75 Å². The van der Waals surface area contributed by atoms with Gasteiger partial charge < -0.3 is 15.4 Å². The van der Waals surface area contributed by atoms with Crippen molar-refractivity contribution in [2.45, 2.75) is 32.7 Å². The molecule has 0 saturated heterocycles. The number of carbonyl (C=O) groups excluding carboxylic acids is 2. The molecule has 1 fully saturated rings. The molecule has 5 nitrogen and oxygen atoms in total. The van der Waals surface area contributed by atoms with Crippen molar-refractivity contribution in [2.75, 3.05) is 13.7 Å². The minimum Gasteiger partial charge on any atom is -0.496 e. The first-order valence-corrected chi connectivity index (χ1v) is 7.73. The molecule has 120 valence electrons. The molecule has 1 aliphatic rings. The maximum atomic E-state index is 12.0. The van der Waals surface area contributed by atoms with Gasteiger partial charge in [-0.3, -0.25) is 9.59 Å². The number of hydrogen-bond donors (Lipinski definition) is 2. The van der Waals surface area contributed by atoms with Crippen LogP contribution in [-0.2, 0) is 16.0 Å². The molecule has 0 radical (unpaired) electrons. The van der Waals surface area contributed by atoms with Gasteiger partial charge in [0.15, 0.2) is 0 Å². The van der Waals surface area contributed by atoms with Crippen LogP contribution in [0.15, 0.2) is 24.3 Å². The van der Waals surface area contributed by atoms with Crippen molar-refractivity contribution in [3.8, 4) is 5.75 Å². The molecule has 0 heterocycles. The van der Waals surface area contributed by atoms with E-state index in [1.807, 2.05) is 38.1 Å². The van der Waals surface area contributed by atoms with Gasteiger partial charge in [0.2, 0.25) is 11.8 Å². The lowest BCUT2D eigenvalue weighted by Crippen LogP contribution is -2.34. The van der Waals surface area contributed by atoms with E-state index in [1.54, 1.807) is 7.11 Å². The van der Waals surface area contributed by atoms with E-state index in [1.165, 1.54) is 0 Å². The van der Waals surface area contributed by atoms with Gasteiger partial charge >= 0.3 is 0 Å². The van der Waals surface area contributed by atoms with Gasteiger partial charge in [-0.2, -0.15) is 0 Å². The Morgan fingerprint density at radius 3 is 2.59 bits per heavy atom. The monoisotopic (exact) mass is 304 g/mol. The molecule has 2 atom stereocenters. The molecule has 22 heavy (non-hydrogen) atoms. The fourth-order valence-electron chi connectivity index (χ4n) is 2.53. The van der Waals surface area contributed by atoms with Crippen LogP contribution in [0.1, 0.15) is 25.8 Å². The molecule has 2 rings (SSSR count). The highest BCUT2D eigenvalue weighted by atomic mass is 16.5. The van der Waals surface area contributed by atoms with Crippen molar-refractivity contribution < 1.29 is 14.3 Å². The minimum atomic E-state index is -0.170. The highest BCUT2D eigenvalue weighted by Gasteiger charge is 2.47. The molecular weight excluding hydrogens is 280 g/mol. The number of rotatable bonds is 7. The van der Waals surface area contributed by atoms with Crippen LogP contribution in [0, 0.1) is 11.8 Å². The smallest absolute Gasteiger partial charge is 0.224 e. The molecule has 2 amide bonds. The number of methoxy groups -OCH3 is 1. The van der Waals surface area contributed by atoms with E-state index < -0.39 is 0 Å². The number of hydrogen-bond acceptors (Lipinski definition) is 3. The third kappa shape index (κ3) is 4.23. The van der Waals surface area contributed by atoms with Crippen LogP contribution in [-0.4, -0.2) is 31.5 Å². The zero-order chi connectivity index (χ0) is 16.1. The Balaban J connectivity index is 1.74. The number of amides is 2. The number of benzene rings is 1. The maximum Gasteiger partial charge on any atom is 0.224 e. The van der Waals surface area contributed by atoms with Crippen LogP contribution < -0.4 is 15.4 Å². The van der Waals surface area contributed by atoms with Gasteiger partial charge in [0, 0.05) is 12.6 Å². The summed E-state index contributed by atoms with van der Waals surface area (Å²) >= 11 is 0. The molecule has 0 aromatic heterocycles. The first-order chi connectivity index (χ1) is 10.5. The van der Waals surface area contributed by atoms with E-state index in [9.17, 15) is 9.59 Å². The van der Waals surface area contributed by atoms with Gasteiger partial charge in [-0.05, 0) is 38.3 Å². The second-order valence-corrected chi connectivity index (χ2v) is 5.96. The minimum absolute atomic E-state index is 0.0140. The summed E-state index contributed by atoms with van der Waals surface area (Å²) in [4.78, 5) is 23.8. The Morgan fingerprint density at radius 2 is 1.91 bits per heavy atom. The van der Waals surface area contributed by atoms with Crippen LogP contribution in [0.25, 0.3) is 0 Å². The Bertz CT molecular complexity index is 542. The van der Waals surface area contributed by atoms with E-state index in [0.29, 0.717) is 19.4 Å². The molecule has 2 N–H and O–H groups in total. The SMILES string of the molecule is COc1ccccc1CCNC(=O)C1CC1C(=O)NC(C)C. The Labute approximate surface area is 131 Å². The fourth-order valence-corrected chi connectivity index (χ4v) is 2.53. The summed E-state index contributed by atoms with van der Waals surface area (Å²) in [6.07, 6.45) is 1.37. The van der Waals surface area contributed by atoms with Crippen molar-refractivity contribution in [2.24, 2.45) is 11.8 Å². The molecule has 0 spiro atoms. The molecule has 1 aromatic rings. The molecule has 1 aliphatic carbocycles. The van der Waals surface area contributed by atoms with Crippen molar-refractivity contribution in [3.63, 3.8) is 0 Å². The van der Waals surface area contributed by atoms with E-state index in [0.717, 1.165) is 11.3 Å². The predicted molar refractivity (Wildman–Crippen MR) is 84.6 cm³/mol. The molecule has 2 unspecified atom stereocenters. The lowest BCUT2D eigenvalue weighted by atomic mass is 10.1. The highest BCUT2D eigenvalue weighted by Crippen LogP contribution is 2.38. The van der Waals surface area contributed by atoms with Gasteiger partial charge in [-0.25, -0.2) is 0 Å². The highest BCUT2D eigenvalue weighted by molar-refractivity contribution is 5.92. The molecule has 1 aromatic carbocycles. The van der Waals surface area contributed by atoms with Crippen molar-refractivity contribution in [1.82, 2.24) is 10.6 Å². The van der Waals surface area contributed by atoms with Gasteiger partial charge in [-0.1, -0.05) is 18.2 Å². The number of carbonyl (C=O) groups is 2. The zero-order valence-electron chi connectivity index (χ0n) is 13.4. The molecule has 0 aliphatic heterocycles. The molecule has 1 saturated carbocycles. The van der Waals surface area contributed by atoms with Crippen LogP contribution in [0.4, 0.5) is 0 Å². The fraction of sp³-hybridized carbons (Fsp3) is 0.529. The largest absolute Gasteiger partial charge is 0.496 e. The average molecular weight is 304 g/mol.